The van der Waals surface area contributed by atoms with Gasteiger partial charge in [-0.3, -0.25) is 4.79 Å². The van der Waals surface area contributed by atoms with Gasteiger partial charge in [0.05, 0.1) is 12.6 Å². The second-order valence-electron chi connectivity index (χ2n) is 9.87. The first-order chi connectivity index (χ1) is 15.8. The molecule has 33 heavy (non-hydrogen) atoms. The summed E-state index contributed by atoms with van der Waals surface area (Å²) >= 11 is 0. The zero-order valence-electron chi connectivity index (χ0n) is 20.5. The molecule has 1 aliphatic heterocycles. The van der Waals surface area contributed by atoms with Gasteiger partial charge in [-0.1, -0.05) is 38.0 Å². The molecule has 0 spiro atoms. The molecule has 4 atom stereocenters. The van der Waals surface area contributed by atoms with Crippen molar-refractivity contribution in [1.29, 1.82) is 0 Å². The predicted molar refractivity (Wildman–Crippen MR) is 128 cm³/mol. The van der Waals surface area contributed by atoms with Gasteiger partial charge in [0.1, 0.15) is 17.8 Å². The van der Waals surface area contributed by atoms with Crippen LogP contribution in [0.4, 0.5) is 0 Å². The average molecular weight is 458 g/mol. The van der Waals surface area contributed by atoms with Crippen LogP contribution in [0, 0.1) is 23.7 Å². The van der Waals surface area contributed by atoms with Gasteiger partial charge in [0, 0.05) is 37.3 Å². The topological polar surface area (TPSA) is 86.1 Å². The number of fused-ring (bicyclic) bond motifs is 1. The van der Waals surface area contributed by atoms with Gasteiger partial charge in [-0.25, -0.2) is 4.98 Å². The molecule has 2 heterocycles. The Kier molecular flexibility index (Phi) is 9.13. The first kappa shape index (κ1) is 25.5. The first-order valence-corrected chi connectivity index (χ1v) is 12.2. The lowest BCUT2D eigenvalue weighted by atomic mass is 9.89. The minimum absolute atomic E-state index is 0.0708. The Labute approximate surface area is 198 Å². The minimum Gasteiger partial charge on any atom is -0.472 e. The van der Waals surface area contributed by atoms with Crippen LogP contribution in [-0.2, 0) is 0 Å². The Morgan fingerprint density at radius 2 is 2.00 bits per heavy atom. The number of likely N-dealkylation sites (N-methyl/N-ethyl adjacent to an activating group) is 1. The van der Waals surface area contributed by atoms with Crippen molar-refractivity contribution in [1.82, 2.24) is 14.8 Å². The summed E-state index contributed by atoms with van der Waals surface area (Å²) in [5.41, 5.74) is 0.891. The summed E-state index contributed by atoms with van der Waals surface area (Å²) in [5.74, 6) is 6.44. The Bertz CT molecular complexity index is 857. The van der Waals surface area contributed by atoms with Crippen LogP contribution in [0.3, 0.4) is 0 Å². The maximum atomic E-state index is 13.4. The fourth-order valence-corrected chi connectivity index (χ4v) is 4.77. The van der Waals surface area contributed by atoms with E-state index in [1.54, 1.807) is 24.1 Å². The predicted octanol–water partition coefficient (Wildman–Crippen LogP) is 2.55. The third-order valence-electron chi connectivity index (χ3n) is 6.73. The molecule has 1 aliphatic carbocycles. The molecule has 1 saturated carbocycles. The number of amides is 1. The van der Waals surface area contributed by atoms with Crippen molar-refractivity contribution in [2.24, 2.45) is 11.8 Å². The molecule has 7 nitrogen and oxygen atoms in total. The number of aliphatic hydroxyl groups is 2. The van der Waals surface area contributed by atoms with Crippen LogP contribution in [0.5, 0.6) is 5.88 Å². The number of rotatable bonds is 6. The number of carbonyl (C=O) groups excluding carboxylic acids is 1. The normalized spacial score (nSPS) is 23.6. The van der Waals surface area contributed by atoms with Crippen molar-refractivity contribution in [2.75, 3.05) is 33.3 Å². The van der Waals surface area contributed by atoms with Gasteiger partial charge >= 0.3 is 0 Å². The molecule has 0 radical (unpaired) electrons. The van der Waals surface area contributed by atoms with E-state index < -0.39 is 6.10 Å². The molecule has 2 N–H and O–H groups in total. The lowest BCUT2D eigenvalue weighted by Crippen LogP contribution is -2.50. The van der Waals surface area contributed by atoms with Crippen LogP contribution in [-0.4, -0.2) is 82.4 Å². The number of aliphatic hydroxyl groups excluding tert-OH is 2. The smallest absolute Gasteiger partial charge is 0.259 e. The van der Waals surface area contributed by atoms with E-state index in [4.69, 9.17) is 4.74 Å². The molecule has 0 bridgehead atoms. The van der Waals surface area contributed by atoms with Crippen molar-refractivity contribution in [3.63, 3.8) is 0 Å². The summed E-state index contributed by atoms with van der Waals surface area (Å²) in [5, 5.41) is 19.3. The summed E-state index contributed by atoms with van der Waals surface area (Å²) in [6, 6.07) is 1.36. The largest absolute Gasteiger partial charge is 0.472 e. The number of pyridine rings is 1. The third-order valence-corrected chi connectivity index (χ3v) is 6.73. The highest BCUT2D eigenvalue weighted by Gasteiger charge is 2.34. The monoisotopic (exact) mass is 457 g/mol. The van der Waals surface area contributed by atoms with Crippen LogP contribution in [0.25, 0.3) is 0 Å². The lowest BCUT2D eigenvalue weighted by molar-refractivity contribution is 0.0314. The molecule has 1 aromatic rings. The molecular formula is C26H39N3O4. The molecule has 1 amide bonds. The molecule has 1 aromatic heterocycles. The van der Waals surface area contributed by atoms with Crippen molar-refractivity contribution in [3.8, 4) is 17.7 Å². The van der Waals surface area contributed by atoms with Crippen molar-refractivity contribution < 1.29 is 19.7 Å². The van der Waals surface area contributed by atoms with Crippen molar-refractivity contribution in [2.45, 2.75) is 71.1 Å². The Hall–Kier alpha value is -2.14. The number of nitrogens with zero attached hydrogens (tertiary/aromatic N) is 3. The molecule has 0 saturated heterocycles. The van der Waals surface area contributed by atoms with E-state index in [0.29, 0.717) is 23.6 Å². The zero-order chi connectivity index (χ0) is 24.0. The second-order valence-corrected chi connectivity index (χ2v) is 9.87. The number of hydrogen-bond acceptors (Lipinski definition) is 6. The summed E-state index contributed by atoms with van der Waals surface area (Å²) in [6.45, 7) is 7.71. The Morgan fingerprint density at radius 1 is 1.27 bits per heavy atom. The molecule has 0 unspecified atom stereocenters. The van der Waals surface area contributed by atoms with Gasteiger partial charge < -0.3 is 24.7 Å². The molecule has 3 rings (SSSR count). The fraction of sp³-hybridized carbons (Fsp3) is 0.692. The highest BCUT2D eigenvalue weighted by atomic mass is 16.5. The van der Waals surface area contributed by atoms with Crippen LogP contribution >= 0.6 is 0 Å². The minimum atomic E-state index is -0.769. The Balaban J connectivity index is 1.86. The lowest BCUT2D eigenvalue weighted by Gasteiger charge is -2.38. The summed E-state index contributed by atoms with van der Waals surface area (Å²) < 4.78 is 6.36. The van der Waals surface area contributed by atoms with E-state index >= 15 is 0 Å². The van der Waals surface area contributed by atoms with E-state index in [1.807, 2.05) is 6.92 Å². The number of carbonyl (C=O) groups is 1. The SMILES string of the molecule is C[C@@H](O)C#Cc1cnc2c(c1)C(=O)N([C@@H](C)CO)C[C@H](C)[C@@H](CN(C)CC1CCCCC1)O2. The van der Waals surface area contributed by atoms with Gasteiger partial charge in [-0.05, 0) is 45.7 Å². The van der Waals surface area contributed by atoms with Gasteiger partial charge in [0.15, 0.2) is 0 Å². The van der Waals surface area contributed by atoms with Crippen LogP contribution in [0.2, 0.25) is 0 Å². The molecule has 182 valence electrons. The molecule has 1 fully saturated rings. The van der Waals surface area contributed by atoms with Crippen LogP contribution in [0.15, 0.2) is 12.3 Å². The van der Waals surface area contributed by atoms with Gasteiger partial charge in [0.25, 0.3) is 5.91 Å². The van der Waals surface area contributed by atoms with Gasteiger partial charge in [0.2, 0.25) is 5.88 Å². The quantitative estimate of drug-likeness (QED) is 0.639. The summed E-state index contributed by atoms with van der Waals surface area (Å²) in [6.07, 6.45) is 7.25. The fourth-order valence-electron chi connectivity index (χ4n) is 4.77. The van der Waals surface area contributed by atoms with Gasteiger partial charge in [-0.2, -0.15) is 0 Å². The highest BCUT2D eigenvalue weighted by molar-refractivity contribution is 5.97. The Morgan fingerprint density at radius 3 is 2.67 bits per heavy atom. The number of hydrogen-bond donors (Lipinski definition) is 2. The summed E-state index contributed by atoms with van der Waals surface area (Å²) in [4.78, 5) is 21.9. The zero-order valence-corrected chi connectivity index (χ0v) is 20.5. The van der Waals surface area contributed by atoms with E-state index in [0.717, 1.165) is 19.0 Å². The molecule has 0 aromatic carbocycles. The maximum absolute atomic E-state index is 13.4. The van der Waals surface area contributed by atoms with E-state index in [2.05, 4.69) is 35.7 Å². The number of ether oxygens (including phenoxy) is 1. The van der Waals surface area contributed by atoms with E-state index in [1.165, 1.54) is 32.1 Å². The van der Waals surface area contributed by atoms with Gasteiger partial charge in [-0.15, -0.1) is 0 Å². The summed E-state index contributed by atoms with van der Waals surface area (Å²) in [7, 11) is 2.14. The van der Waals surface area contributed by atoms with E-state index in [9.17, 15) is 15.0 Å². The van der Waals surface area contributed by atoms with Crippen LogP contribution < -0.4 is 4.74 Å². The number of aromatic nitrogens is 1. The maximum Gasteiger partial charge on any atom is 0.259 e. The second kappa shape index (κ2) is 11.8. The van der Waals surface area contributed by atoms with E-state index in [-0.39, 0.29) is 30.6 Å². The molecule has 7 heteroatoms. The molecular weight excluding hydrogens is 418 g/mol. The molecule has 2 aliphatic rings. The van der Waals surface area contributed by atoms with Crippen molar-refractivity contribution in [3.05, 3.63) is 23.4 Å². The first-order valence-electron chi connectivity index (χ1n) is 12.2. The van der Waals surface area contributed by atoms with Crippen LogP contribution in [0.1, 0.15) is 68.8 Å². The average Bonchev–Trinajstić information content (AvgIpc) is 2.80. The van der Waals surface area contributed by atoms with Crippen molar-refractivity contribution >= 4 is 5.91 Å². The third kappa shape index (κ3) is 6.92. The standard InChI is InChI=1S/C26H39N3O4/c1-18-14-29(19(2)17-30)26(32)23-12-22(11-10-20(3)31)13-27-25(23)33-24(18)16-28(4)15-21-8-6-5-7-9-21/h12-13,18-21,24,30-31H,5-9,14-17H2,1-4H3/t18-,19-,20+,24+/m0/s1. The highest BCUT2D eigenvalue weighted by Crippen LogP contribution is 2.28.